The van der Waals surface area contributed by atoms with Gasteiger partial charge in [0.1, 0.15) is 6.54 Å². The molecule has 2 aromatic carbocycles. The van der Waals surface area contributed by atoms with Gasteiger partial charge in [0.25, 0.3) is 5.56 Å². The van der Waals surface area contributed by atoms with Crippen molar-refractivity contribution < 1.29 is 9.59 Å². The summed E-state index contributed by atoms with van der Waals surface area (Å²) in [5.74, 6) is -0.342. The molecule has 4 rings (SSSR count). The predicted molar refractivity (Wildman–Crippen MR) is 112 cm³/mol. The Balaban J connectivity index is 1.77. The number of carbonyl (C=O) groups is 2. The molecule has 1 aromatic heterocycles. The Bertz CT molecular complexity index is 1170. The van der Waals surface area contributed by atoms with E-state index in [4.69, 9.17) is 0 Å². The molecule has 0 unspecified atom stereocenters. The fourth-order valence-electron chi connectivity index (χ4n) is 3.73. The third-order valence-corrected chi connectivity index (χ3v) is 5.31. The number of fused-ring (bicyclic) bond motifs is 2. The van der Waals surface area contributed by atoms with Crippen molar-refractivity contribution in [3.05, 3.63) is 64.4 Å². The molecule has 0 atom stereocenters. The first kappa shape index (κ1) is 18.9. The number of para-hydroxylation sites is 3. The number of nitrogens with zero attached hydrogens (tertiary/aromatic N) is 4. The van der Waals surface area contributed by atoms with Gasteiger partial charge in [0.05, 0.1) is 11.0 Å². The fraction of sp³-hybridized carbons (Fsp3) is 0.273. The van der Waals surface area contributed by atoms with E-state index in [1.807, 2.05) is 30.3 Å². The summed E-state index contributed by atoms with van der Waals surface area (Å²) in [4.78, 5) is 45.8. The molecule has 1 aliphatic rings. The maximum Gasteiger partial charge on any atom is 0.294 e. The van der Waals surface area contributed by atoms with Crippen molar-refractivity contribution in [3.63, 3.8) is 0 Å². The normalized spacial score (nSPS) is 12.8. The summed E-state index contributed by atoms with van der Waals surface area (Å²) < 4.78 is 1.42. The first-order valence-electron chi connectivity index (χ1n) is 9.65. The highest BCUT2D eigenvalue weighted by molar-refractivity contribution is 5.96. The van der Waals surface area contributed by atoms with E-state index in [9.17, 15) is 14.4 Å². The summed E-state index contributed by atoms with van der Waals surface area (Å²) in [6, 6.07) is 15.0. The Labute approximate surface area is 168 Å². The monoisotopic (exact) mass is 390 g/mol. The van der Waals surface area contributed by atoms with Crippen LogP contribution in [0.2, 0.25) is 0 Å². The zero-order valence-corrected chi connectivity index (χ0v) is 16.5. The van der Waals surface area contributed by atoms with Gasteiger partial charge in [0.15, 0.2) is 0 Å². The zero-order valence-electron chi connectivity index (χ0n) is 16.5. The van der Waals surface area contributed by atoms with Gasteiger partial charge in [-0.1, -0.05) is 37.3 Å². The number of hydrogen-bond acceptors (Lipinski definition) is 4. The van der Waals surface area contributed by atoms with Crippen LogP contribution in [0.3, 0.4) is 0 Å². The summed E-state index contributed by atoms with van der Waals surface area (Å²) in [7, 11) is 1.53. The number of aromatic nitrogens is 2. The van der Waals surface area contributed by atoms with Gasteiger partial charge in [-0.15, -0.1) is 0 Å². The largest absolute Gasteiger partial charge is 0.310 e. The SMILES string of the molecule is CCC(=O)N(C)c1nc2ccccc2n(CC(=O)N2CCc3ccccc32)c1=O. The van der Waals surface area contributed by atoms with Crippen LogP contribution < -0.4 is 15.4 Å². The average Bonchev–Trinajstić information content (AvgIpc) is 3.18. The number of amides is 2. The third-order valence-electron chi connectivity index (χ3n) is 5.31. The van der Waals surface area contributed by atoms with E-state index in [-0.39, 0.29) is 30.6 Å². The van der Waals surface area contributed by atoms with Crippen LogP contribution in [0.4, 0.5) is 11.5 Å². The first-order valence-corrected chi connectivity index (χ1v) is 9.65. The van der Waals surface area contributed by atoms with Crippen LogP contribution in [0, 0.1) is 0 Å². The van der Waals surface area contributed by atoms with E-state index in [0.29, 0.717) is 17.6 Å². The van der Waals surface area contributed by atoms with Crippen LogP contribution in [0.5, 0.6) is 0 Å². The van der Waals surface area contributed by atoms with Crippen molar-refractivity contribution in [3.8, 4) is 0 Å². The maximum atomic E-state index is 13.2. The Morgan fingerprint density at radius 1 is 1.10 bits per heavy atom. The average molecular weight is 390 g/mol. The number of benzene rings is 2. The van der Waals surface area contributed by atoms with E-state index >= 15 is 0 Å². The van der Waals surface area contributed by atoms with Gasteiger partial charge >= 0.3 is 0 Å². The first-order chi connectivity index (χ1) is 14.0. The van der Waals surface area contributed by atoms with Gasteiger partial charge in [0.2, 0.25) is 17.6 Å². The maximum absolute atomic E-state index is 13.2. The van der Waals surface area contributed by atoms with Gasteiger partial charge in [-0.05, 0) is 30.2 Å². The van der Waals surface area contributed by atoms with Crippen LogP contribution in [0.15, 0.2) is 53.3 Å². The van der Waals surface area contributed by atoms with Crippen LogP contribution in [-0.2, 0) is 22.6 Å². The molecule has 2 amide bonds. The number of anilines is 2. The number of carbonyl (C=O) groups excluding carboxylic acids is 2. The zero-order chi connectivity index (χ0) is 20.5. The summed E-state index contributed by atoms with van der Waals surface area (Å²) in [5.41, 5.74) is 2.70. The molecular formula is C22H22N4O3. The minimum atomic E-state index is -0.450. The molecule has 29 heavy (non-hydrogen) atoms. The van der Waals surface area contributed by atoms with Crippen molar-refractivity contribution in [1.82, 2.24) is 9.55 Å². The smallest absolute Gasteiger partial charge is 0.294 e. The summed E-state index contributed by atoms with van der Waals surface area (Å²) in [5, 5.41) is 0. The summed E-state index contributed by atoms with van der Waals surface area (Å²) in [6.45, 7) is 2.21. The van der Waals surface area contributed by atoms with Gasteiger partial charge in [-0.3, -0.25) is 23.9 Å². The van der Waals surface area contributed by atoms with Gasteiger partial charge in [0, 0.05) is 25.7 Å². The highest BCUT2D eigenvalue weighted by Gasteiger charge is 2.26. The van der Waals surface area contributed by atoms with Crippen LogP contribution in [-0.4, -0.2) is 35.0 Å². The van der Waals surface area contributed by atoms with E-state index in [1.54, 1.807) is 30.0 Å². The van der Waals surface area contributed by atoms with Crippen molar-refractivity contribution in [2.24, 2.45) is 0 Å². The standard InChI is InChI=1S/C22H22N4O3/c1-3-19(27)24(2)21-22(29)26(18-11-7-5-9-16(18)23-21)14-20(28)25-13-12-15-8-4-6-10-17(15)25/h4-11H,3,12-14H2,1-2H3. The molecule has 7 nitrogen and oxygen atoms in total. The molecule has 0 bridgehead atoms. The second-order valence-electron chi connectivity index (χ2n) is 7.05. The molecule has 0 aliphatic carbocycles. The van der Waals surface area contributed by atoms with Crippen LogP contribution in [0.1, 0.15) is 18.9 Å². The van der Waals surface area contributed by atoms with Crippen molar-refractivity contribution in [1.29, 1.82) is 0 Å². The quantitative estimate of drug-likeness (QED) is 0.685. The molecule has 1 aliphatic heterocycles. The molecule has 3 aromatic rings. The minimum Gasteiger partial charge on any atom is -0.310 e. The van der Waals surface area contributed by atoms with Crippen molar-refractivity contribution in [2.45, 2.75) is 26.3 Å². The molecule has 0 spiro atoms. The molecule has 7 heteroatoms. The summed E-state index contributed by atoms with van der Waals surface area (Å²) >= 11 is 0. The van der Waals surface area contributed by atoms with Crippen LogP contribution in [0.25, 0.3) is 11.0 Å². The Morgan fingerprint density at radius 2 is 1.83 bits per heavy atom. The lowest BCUT2D eigenvalue weighted by atomic mass is 10.2. The van der Waals surface area contributed by atoms with Crippen molar-refractivity contribution >= 4 is 34.4 Å². The molecule has 0 N–H and O–H groups in total. The lowest BCUT2D eigenvalue weighted by Crippen LogP contribution is -2.39. The van der Waals surface area contributed by atoms with Gasteiger partial charge < -0.3 is 4.90 Å². The fourth-order valence-corrected chi connectivity index (χ4v) is 3.73. The molecule has 2 heterocycles. The molecule has 0 fully saturated rings. The second kappa shape index (κ2) is 7.50. The summed E-state index contributed by atoms with van der Waals surface area (Å²) in [6.07, 6.45) is 1.06. The molecule has 0 saturated carbocycles. The lowest BCUT2D eigenvalue weighted by Gasteiger charge is -2.21. The number of rotatable bonds is 4. The second-order valence-corrected chi connectivity index (χ2v) is 7.05. The molecule has 148 valence electrons. The Morgan fingerprint density at radius 3 is 2.62 bits per heavy atom. The van der Waals surface area contributed by atoms with Gasteiger partial charge in [-0.2, -0.15) is 0 Å². The topological polar surface area (TPSA) is 75.5 Å². The highest BCUT2D eigenvalue weighted by Crippen LogP contribution is 2.27. The minimum absolute atomic E-state index is 0.0326. The molecule has 0 radical (unpaired) electrons. The van der Waals surface area contributed by atoms with Gasteiger partial charge in [-0.25, -0.2) is 4.98 Å². The third kappa shape index (κ3) is 3.29. The number of hydrogen-bond donors (Lipinski definition) is 0. The Hall–Kier alpha value is -3.48. The Kier molecular flexibility index (Phi) is 4.88. The predicted octanol–water partition coefficient (Wildman–Crippen LogP) is 2.36. The van der Waals surface area contributed by atoms with E-state index in [2.05, 4.69) is 4.98 Å². The highest BCUT2D eigenvalue weighted by atomic mass is 16.2. The van der Waals surface area contributed by atoms with E-state index < -0.39 is 5.56 Å². The van der Waals surface area contributed by atoms with Crippen molar-refractivity contribution in [2.75, 3.05) is 23.4 Å². The van der Waals surface area contributed by atoms with E-state index in [0.717, 1.165) is 17.7 Å². The van der Waals surface area contributed by atoms with E-state index in [1.165, 1.54) is 16.5 Å². The molecular weight excluding hydrogens is 368 g/mol. The lowest BCUT2D eigenvalue weighted by molar-refractivity contribution is -0.119. The molecule has 0 saturated heterocycles. The van der Waals surface area contributed by atoms with Crippen LogP contribution >= 0.6 is 0 Å².